The van der Waals surface area contributed by atoms with Gasteiger partial charge in [-0.15, -0.1) is 43.1 Å². The summed E-state index contributed by atoms with van der Waals surface area (Å²) >= 11 is 3.06. The van der Waals surface area contributed by atoms with Crippen LogP contribution in [0.3, 0.4) is 0 Å². The molecule has 0 atom stereocenters. The number of benzene rings is 3. The minimum Gasteiger partial charge on any atom is -0.414 e. The quantitative estimate of drug-likeness (QED) is 0.251. The van der Waals surface area contributed by atoms with Crippen molar-refractivity contribution in [1.82, 2.24) is 30.4 Å². The van der Waals surface area contributed by atoms with Crippen LogP contribution < -0.4 is 0 Å². The number of nitrogens with zero attached hydrogens (tertiary/aromatic N) is 6. The van der Waals surface area contributed by atoms with E-state index in [0.717, 1.165) is 31.6 Å². The molecule has 8 nitrogen and oxygen atoms in total. The molecule has 36 heavy (non-hydrogen) atoms. The zero-order valence-corrected chi connectivity index (χ0v) is 20.7. The van der Waals surface area contributed by atoms with Gasteiger partial charge in [0.2, 0.25) is 11.8 Å². The normalized spacial score (nSPS) is 11.6. The second-order valence-corrected chi connectivity index (χ2v) is 10.4. The summed E-state index contributed by atoms with van der Waals surface area (Å²) in [7, 11) is 0. The molecule has 0 aliphatic heterocycles. The lowest BCUT2D eigenvalue weighted by molar-refractivity contribution is 0.582. The maximum absolute atomic E-state index is 5.97. The van der Waals surface area contributed by atoms with E-state index >= 15 is 0 Å². The zero-order chi connectivity index (χ0) is 24.2. The largest absolute Gasteiger partial charge is 0.414 e. The summed E-state index contributed by atoms with van der Waals surface area (Å²) < 4.78 is 14.1. The van der Waals surface area contributed by atoms with E-state index < -0.39 is 0 Å². The standard InChI is InChI=1S/C26H16N6O2S2/c1-13-6-8-17-19(10-13)35-25(27-17)23-31-29-21(33-23)15-4-3-5-16(12-15)22-30-32-24(34-22)26-28-18-9-7-14(2)11-20(18)36-26/h3-12H,1-2H3. The summed E-state index contributed by atoms with van der Waals surface area (Å²) in [4.78, 5) is 9.26. The van der Waals surface area contributed by atoms with E-state index in [0.29, 0.717) is 33.6 Å². The van der Waals surface area contributed by atoms with Gasteiger partial charge in [0.1, 0.15) is 0 Å². The van der Waals surface area contributed by atoms with E-state index in [1.807, 2.05) is 48.5 Å². The lowest BCUT2D eigenvalue weighted by Crippen LogP contribution is -1.82. The predicted octanol–water partition coefficient (Wildman–Crippen LogP) is 6.96. The topological polar surface area (TPSA) is 104 Å². The fraction of sp³-hybridized carbons (Fsp3) is 0.0769. The molecule has 0 amide bonds. The summed E-state index contributed by atoms with van der Waals surface area (Å²) in [6, 6.07) is 19.9. The van der Waals surface area contributed by atoms with Gasteiger partial charge in [0.15, 0.2) is 10.0 Å². The van der Waals surface area contributed by atoms with Crippen molar-refractivity contribution in [3.05, 3.63) is 71.8 Å². The third-order valence-electron chi connectivity index (χ3n) is 5.66. The van der Waals surface area contributed by atoms with Gasteiger partial charge in [-0.2, -0.15) is 0 Å². The summed E-state index contributed by atoms with van der Waals surface area (Å²) in [5.74, 6) is 1.56. The number of aromatic nitrogens is 6. The Hall–Kier alpha value is -4.28. The third-order valence-corrected chi connectivity index (χ3v) is 7.67. The van der Waals surface area contributed by atoms with Gasteiger partial charge in [-0.25, -0.2) is 9.97 Å². The SMILES string of the molecule is Cc1ccc2nc(-c3nnc(-c4cccc(-c5nnc(-c6nc7ccc(C)cc7s6)o5)c4)o3)sc2c1. The molecule has 0 saturated heterocycles. The Balaban J connectivity index is 1.19. The van der Waals surface area contributed by atoms with Crippen LogP contribution in [-0.4, -0.2) is 30.4 Å². The Bertz CT molecular complexity index is 1760. The highest BCUT2D eigenvalue weighted by molar-refractivity contribution is 7.21. The molecule has 0 N–H and O–H groups in total. The van der Waals surface area contributed by atoms with Crippen molar-refractivity contribution < 1.29 is 8.83 Å². The molecule has 0 aliphatic rings. The molecule has 7 aromatic rings. The first-order valence-electron chi connectivity index (χ1n) is 11.1. The average molecular weight is 509 g/mol. The number of aryl methyl sites for hydroxylation is 2. The maximum Gasteiger partial charge on any atom is 0.277 e. The van der Waals surface area contributed by atoms with Crippen molar-refractivity contribution in [2.24, 2.45) is 0 Å². The number of hydrogen-bond donors (Lipinski definition) is 0. The minimum atomic E-state index is 0.389. The third kappa shape index (κ3) is 3.67. The van der Waals surface area contributed by atoms with E-state index in [-0.39, 0.29) is 0 Å². The van der Waals surface area contributed by atoms with Gasteiger partial charge < -0.3 is 8.83 Å². The molecule has 4 aromatic heterocycles. The first-order chi connectivity index (χ1) is 17.6. The fourth-order valence-corrected chi connectivity index (χ4v) is 5.85. The van der Waals surface area contributed by atoms with Crippen molar-refractivity contribution >= 4 is 43.1 Å². The molecule has 0 spiro atoms. The molecular formula is C26H16N6O2S2. The molecule has 10 heteroatoms. The number of hydrogen-bond acceptors (Lipinski definition) is 10. The van der Waals surface area contributed by atoms with E-state index in [2.05, 4.69) is 56.3 Å². The van der Waals surface area contributed by atoms with Crippen LogP contribution in [0.1, 0.15) is 11.1 Å². The van der Waals surface area contributed by atoms with Crippen molar-refractivity contribution in [1.29, 1.82) is 0 Å². The van der Waals surface area contributed by atoms with E-state index in [1.54, 1.807) is 0 Å². The molecular weight excluding hydrogens is 492 g/mol. The molecule has 0 aliphatic carbocycles. The number of rotatable bonds is 4. The zero-order valence-electron chi connectivity index (χ0n) is 19.1. The maximum atomic E-state index is 5.97. The molecule has 0 fully saturated rings. The van der Waals surface area contributed by atoms with Gasteiger partial charge in [-0.3, -0.25) is 0 Å². The summed E-state index contributed by atoms with van der Waals surface area (Å²) in [5, 5.41) is 18.3. The molecule has 7 rings (SSSR count). The second-order valence-electron chi connectivity index (χ2n) is 8.39. The lowest BCUT2D eigenvalue weighted by Gasteiger charge is -1.98. The first kappa shape index (κ1) is 21.0. The number of thiazole rings is 2. The Morgan fingerprint density at radius 2 is 1.03 bits per heavy atom. The van der Waals surface area contributed by atoms with Gasteiger partial charge in [0.05, 0.1) is 20.4 Å². The fourth-order valence-electron chi connectivity index (χ4n) is 3.88. The molecule has 3 aromatic carbocycles. The van der Waals surface area contributed by atoms with Crippen LogP contribution in [0.15, 0.2) is 69.5 Å². The highest BCUT2D eigenvalue weighted by Gasteiger charge is 2.18. The lowest BCUT2D eigenvalue weighted by atomic mass is 10.1. The molecule has 0 radical (unpaired) electrons. The van der Waals surface area contributed by atoms with Crippen LogP contribution >= 0.6 is 22.7 Å². The molecule has 0 bridgehead atoms. The highest BCUT2D eigenvalue weighted by atomic mass is 32.1. The summed E-state index contributed by atoms with van der Waals surface area (Å²) in [6.45, 7) is 4.12. The Morgan fingerprint density at radius 3 is 1.53 bits per heavy atom. The van der Waals surface area contributed by atoms with Gasteiger partial charge in [0.25, 0.3) is 11.8 Å². The average Bonchev–Trinajstić information content (AvgIpc) is 3.68. The smallest absolute Gasteiger partial charge is 0.277 e. The van der Waals surface area contributed by atoms with Crippen LogP contribution in [0.5, 0.6) is 0 Å². The molecule has 4 heterocycles. The summed E-state index contributed by atoms with van der Waals surface area (Å²) in [6.07, 6.45) is 0. The van der Waals surface area contributed by atoms with Crippen LogP contribution in [0.2, 0.25) is 0 Å². The van der Waals surface area contributed by atoms with Crippen LogP contribution in [-0.2, 0) is 0 Å². The second kappa shape index (κ2) is 8.14. The highest BCUT2D eigenvalue weighted by Crippen LogP contribution is 2.34. The first-order valence-corrected chi connectivity index (χ1v) is 12.8. The van der Waals surface area contributed by atoms with Crippen molar-refractivity contribution in [3.8, 4) is 44.7 Å². The van der Waals surface area contributed by atoms with Gasteiger partial charge in [-0.05, 0) is 67.4 Å². The Morgan fingerprint density at radius 1 is 0.556 bits per heavy atom. The van der Waals surface area contributed by atoms with Gasteiger partial charge in [-0.1, -0.05) is 18.2 Å². The predicted molar refractivity (Wildman–Crippen MR) is 140 cm³/mol. The number of fused-ring (bicyclic) bond motifs is 2. The van der Waals surface area contributed by atoms with Crippen molar-refractivity contribution in [3.63, 3.8) is 0 Å². The molecule has 0 saturated carbocycles. The van der Waals surface area contributed by atoms with Crippen LogP contribution in [0.25, 0.3) is 65.1 Å². The monoisotopic (exact) mass is 508 g/mol. The van der Waals surface area contributed by atoms with Crippen LogP contribution in [0, 0.1) is 13.8 Å². The Kier molecular flexibility index (Phi) is 4.76. The van der Waals surface area contributed by atoms with Gasteiger partial charge in [0, 0.05) is 11.1 Å². The molecule has 174 valence electrons. The van der Waals surface area contributed by atoms with Crippen molar-refractivity contribution in [2.45, 2.75) is 13.8 Å². The van der Waals surface area contributed by atoms with E-state index in [9.17, 15) is 0 Å². The summed E-state index contributed by atoms with van der Waals surface area (Å²) in [5.41, 5.74) is 5.69. The van der Waals surface area contributed by atoms with E-state index in [1.165, 1.54) is 33.8 Å². The minimum absolute atomic E-state index is 0.389. The van der Waals surface area contributed by atoms with Crippen molar-refractivity contribution in [2.75, 3.05) is 0 Å². The van der Waals surface area contributed by atoms with E-state index in [4.69, 9.17) is 8.83 Å². The van der Waals surface area contributed by atoms with Crippen LogP contribution in [0.4, 0.5) is 0 Å². The Labute approximate surface area is 212 Å². The molecule has 0 unspecified atom stereocenters. The van der Waals surface area contributed by atoms with Gasteiger partial charge >= 0.3 is 0 Å².